The van der Waals surface area contributed by atoms with E-state index in [4.69, 9.17) is 0 Å². The van der Waals surface area contributed by atoms with E-state index in [2.05, 4.69) is 0 Å². The quantitative estimate of drug-likeness (QED) is 0.622. The highest BCUT2D eigenvalue weighted by Crippen LogP contribution is 2.34. The minimum atomic E-state index is -0.557. The van der Waals surface area contributed by atoms with Gasteiger partial charge in [0.05, 0.1) is 16.3 Å². The summed E-state index contributed by atoms with van der Waals surface area (Å²) in [7, 11) is 0. The van der Waals surface area contributed by atoms with Gasteiger partial charge in [0.1, 0.15) is 5.56 Å². The van der Waals surface area contributed by atoms with Crippen LogP contribution in [0, 0.1) is 10.1 Å². The summed E-state index contributed by atoms with van der Waals surface area (Å²) in [6.45, 7) is 2.36. The van der Waals surface area contributed by atoms with E-state index in [1.54, 1.807) is 35.2 Å². The molecule has 1 aliphatic rings. The summed E-state index contributed by atoms with van der Waals surface area (Å²) in [6, 6.07) is 13.0. The zero-order valence-electron chi connectivity index (χ0n) is 13.7. The maximum atomic E-state index is 13.0. The third-order valence-electron chi connectivity index (χ3n) is 4.18. The molecule has 0 spiro atoms. The minimum Gasteiger partial charge on any atom is -0.311 e. The Balaban J connectivity index is 2.08. The molecule has 2 aromatic rings. The summed E-state index contributed by atoms with van der Waals surface area (Å²) in [5.41, 5.74) is 1.04. The molecule has 128 valence electrons. The molecule has 7 nitrogen and oxygen atoms in total. The molecule has 1 heterocycles. The molecular weight excluding hydrogens is 322 g/mol. The zero-order chi connectivity index (χ0) is 18.0. The summed E-state index contributed by atoms with van der Waals surface area (Å²) in [5, 5.41) is 11.2. The van der Waals surface area contributed by atoms with Crippen molar-refractivity contribution in [3.8, 4) is 0 Å². The fraction of sp³-hybridized carbons (Fsp3) is 0.222. The van der Waals surface area contributed by atoms with Crippen LogP contribution in [0.1, 0.15) is 23.7 Å². The van der Waals surface area contributed by atoms with E-state index < -0.39 is 10.8 Å². The van der Waals surface area contributed by atoms with Gasteiger partial charge < -0.3 is 9.80 Å². The van der Waals surface area contributed by atoms with Crippen LogP contribution in [0.2, 0.25) is 0 Å². The SMILES string of the molecule is CC(=O)N1CCCN(C(=O)c2ccccc2[N+](=O)[O-])c2ccccc21. The van der Waals surface area contributed by atoms with Crippen molar-refractivity contribution >= 4 is 28.9 Å². The number of hydrogen-bond acceptors (Lipinski definition) is 4. The Kier molecular flexibility index (Phi) is 4.47. The molecule has 0 N–H and O–H groups in total. The molecule has 2 amide bonds. The number of carbonyl (C=O) groups excluding carboxylic acids is 2. The van der Waals surface area contributed by atoms with Gasteiger partial charge in [0, 0.05) is 26.1 Å². The van der Waals surface area contributed by atoms with E-state index >= 15 is 0 Å². The van der Waals surface area contributed by atoms with E-state index in [1.807, 2.05) is 0 Å². The first-order valence-electron chi connectivity index (χ1n) is 7.93. The van der Waals surface area contributed by atoms with Gasteiger partial charge in [-0.2, -0.15) is 0 Å². The number of benzene rings is 2. The van der Waals surface area contributed by atoms with Crippen molar-refractivity contribution in [3.63, 3.8) is 0 Å². The molecule has 7 heteroatoms. The van der Waals surface area contributed by atoms with Crippen LogP contribution in [-0.2, 0) is 4.79 Å². The van der Waals surface area contributed by atoms with Crippen LogP contribution in [0.3, 0.4) is 0 Å². The maximum Gasteiger partial charge on any atom is 0.282 e. The molecular formula is C18H17N3O4. The van der Waals surface area contributed by atoms with E-state index in [0.29, 0.717) is 30.9 Å². The lowest BCUT2D eigenvalue weighted by Gasteiger charge is -2.24. The summed E-state index contributed by atoms with van der Waals surface area (Å²) in [6.07, 6.45) is 0.584. The lowest BCUT2D eigenvalue weighted by Crippen LogP contribution is -2.32. The number of amides is 2. The first kappa shape index (κ1) is 16.6. The van der Waals surface area contributed by atoms with Gasteiger partial charge in [-0.15, -0.1) is 0 Å². The van der Waals surface area contributed by atoms with Crippen LogP contribution in [0.25, 0.3) is 0 Å². The van der Waals surface area contributed by atoms with Gasteiger partial charge in [-0.25, -0.2) is 0 Å². The Bertz CT molecular complexity index is 850. The van der Waals surface area contributed by atoms with Crippen molar-refractivity contribution in [1.29, 1.82) is 0 Å². The van der Waals surface area contributed by atoms with Gasteiger partial charge in [0.15, 0.2) is 0 Å². The van der Waals surface area contributed by atoms with Crippen molar-refractivity contribution < 1.29 is 14.5 Å². The minimum absolute atomic E-state index is 0.0404. The number of fused-ring (bicyclic) bond motifs is 1. The Morgan fingerprint density at radius 1 is 0.960 bits per heavy atom. The predicted octanol–water partition coefficient (Wildman–Crippen LogP) is 3.00. The third kappa shape index (κ3) is 3.08. The monoisotopic (exact) mass is 339 g/mol. The molecule has 0 atom stereocenters. The molecule has 1 aliphatic heterocycles. The van der Waals surface area contributed by atoms with E-state index in [1.165, 1.54) is 30.0 Å². The molecule has 0 radical (unpaired) electrons. The summed E-state index contributed by atoms with van der Waals surface area (Å²) < 4.78 is 0. The first-order chi connectivity index (χ1) is 12.0. The Morgan fingerprint density at radius 3 is 2.16 bits per heavy atom. The van der Waals surface area contributed by atoms with Crippen molar-refractivity contribution in [2.75, 3.05) is 22.9 Å². The van der Waals surface area contributed by atoms with Crippen LogP contribution >= 0.6 is 0 Å². The number of nitro benzene ring substituents is 1. The largest absolute Gasteiger partial charge is 0.311 e. The maximum absolute atomic E-state index is 13.0. The van der Waals surface area contributed by atoms with Gasteiger partial charge in [-0.1, -0.05) is 24.3 Å². The summed E-state index contributed by atoms with van der Waals surface area (Å²) in [4.78, 5) is 38.8. The van der Waals surface area contributed by atoms with Gasteiger partial charge in [-0.3, -0.25) is 19.7 Å². The smallest absolute Gasteiger partial charge is 0.282 e. The molecule has 25 heavy (non-hydrogen) atoms. The number of carbonyl (C=O) groups is 2. The Hall–Kier alpha value is -3.22. The molecule has 0 saturated heterocycles. The lowest BCUT2D eigenvalue weighted by molar-refractivity contribution is -0.385. The van der Waals surface area contributed by atoms with Crippen LogP contribution in [0.4, 0.5) is 17.1 Å². The van der Waals surface area contributed by atoms with Crippen molar-refractivity contribution in [3.05, 3.63) is 64.2 Å². The highest BCUT2D eigenvalue weighted by molar-refractivity contribution is 6.11. The number of para-hydroxylation sites is 3. The van der Waals surface area contributed by atoms with Gasteiger partial charge >= 0.3 is 0 Å². The summed E-state index contributed by atoms with van der Waals surface area (Å²) in [5.74, 6) is -0.544. The number of hydrogen-bond donors (Lipinski definition) is 0. The molecule has 3 rings (SSSR count). The van der Waals surface area contributed by atoms with Crippen LogP contribution in [0.5, 0.6) is 0 Å². The highest BCUT2D eigenvalue weighted by Gasteiger charge is 2.30. The molecule has 0 aliphatic carbocycles. The van der Waals surface area contributed by atoms with E-state index in [9.17, 15) is 19.7 Å². The Morgan fingerprint density at radius 2 is 1.52 bits per heavy atom. The topological polar surface area (TPSA) is 83.8 Å². The standard InChI is InChI=1S/C18H17N3O4/c1-13(22)19-11-6-12-20(17-10-5-4-9-16(17)19)18(23)14-7-2-3-8-15(14)21(24)25/h2-5,7-10H,6,11-12H2,1H3. The van der Waals surface area contributed by atoms with Crippen LogP contribution < -0.4 is 9.80 Å². The molecule has 0 saturated carbocycles. The second kappa shape index (κ2) is 6.72. The van der Waals surface area contributed by atoms with E-state index in [-0.39, 0.29) is 17.2 Å². The van der Waals surface area contributed by atoms with Gasteiger partial charge in [0.25, 0.3) is 11.6 Å². The Labute approximate surface area is 144 Å². The molecule has 0 unspecified atom stereocenters. The number of anilines is 2. The second-order valence-corrected chi connectivity index (χ2v) is 5.74. The predicted molar refractivity (Wildman–Crippen MR) is 93.9 cm³/mol. The molecule has 2 aromatic carbocycles. The van der Waals surface area contributed by atoms with E-state index in [0.717, 1.165) is 0 Å². The van der Waals surface area contributed by atoms with Crippen molar-refractivity contribution in [2.45, 2.75) is 13.3 Å². The van der Waals surface area contributed by atoms with Crippen LogP contribution in [0.15, 0.2) is 48.5 Å². The van der Waals surface area contributed by atoms with Gasteiger partial charge in [0.2, 0.25) is 5.91 Å². The number of nitro groups is 1. The fourth-order valence-electron chi connectivity index (χ4n) is 3.05. The molecule has 0 bridgehead atoms. The van der Waals surface area contributed by atoms with Gasteiger partial charge in [-0.05, 0) is 24.6 Å². The first-order valence-corrected chi connectivity index (χ1v) is 7.93. The average Bonchev–Trinajstić information content (AvgIpc) is 2.81. The normalized spacial score (nSPS) is 13.8. The molecule has 0 fully saturated rings. The zero-order valence-corrected chi connectivity index (χ0v) is 13.7. The van der Waals surface area contributed by atoms with Crippen molar-refractivity contribution in [2.24, 2.45) is 0 Å². The van der Waals surface area contributed by atoms with Crippen LogP contribution in [-0.4, -0.2) is 29.8 Å². The van der Waals surface area contributed by atoms with Crippen molar-refractivity contribution in [1.82, 2.24) is 0 Å². The third-order valence-corrected chi connectivity index (χ3v) is 4.18. The fourth-order valence-corrected chi connectivity index (χ4v) is 3.05. The number of nitrogens with zero attached hydrogens (tertiary/aromatic N) is 3. The lowest BCUT2D eigenvalue weighted by atomic mass is 10.1. The second-order valence-electron chi connectivity index (χ2n) is 5.74. The summed E-state index contributed by atoms with van der Waals surface area (Å²) >= 11 is 0. The number of rotatable bonds is 2. The average molecular weight is 339 g/mol. The highest BCUT2D eigenvalue weighted by atomic mass is 16.6. The molecule has 0 aromatic heterocycles.